The Kier molecular flexibility index (Phi) is 5.10. The lowest BCUT2D eigenvalue weighted by Crippen LogP contribution is -1.79. The summed E-state index contributed by atoms with van der Waals surface area (Å²) in [7, 11) is 0. The highest BCUT2D eigenvalue weighted by Crippen LogP contribution is 2.11. The van der Waals surface area contributed by atoms with Gasteiger partial charge in [0.1, 0.15) is 11.9 Å². The molecule has 2 heteroatoms. The highest BCUT2D eigenvalue weighted by Gasteiger charge is 1.99. The standard InChI is InChI=1S/C9H12FN/c1-3-5-6-8(7-11)9(10)4-2/h4,6H,3,5H2,1-2H3/b8-6-,9-4+. The van der Waals surface area contributed by atoms with Gasteiger partial charge in [0.05, 0.1) is 5.57 Å². The van der Waals surface area contributed by atoms with Crippen LogP contribution < -0.4 is 0 Å². The van der Waals surface area contributed by atoms with Crippen molar-refractivity contribution in [2.24, 2.45) is 0 Å². The monoisotopic (exact) mass is 153 g/mol. The third-order valence-corrected chi connectivity index (χ3v) is 1.27. The number of halogens is 1. The van der Waals surface area contributed by atoms with Gasteiger partial charge in [-0.25, -0.2) is 4.39 Å². The Labute approximate surface area is 66.8 Å². The normalized spacial score (nSPS) is 12.9. The highest BCUT2D eigenvalue weighted by atomic mass is 19.1. The summed E-state index contributed by atoms with van der Waals surface area (Å²) < 4.78 is 12.7. The van der Waals surface area contributed by atoms with Gasteiger partial charge in [-0.15, -0.1) is 0 Å². The Balaban J connectivity index is 4.31. The van der Waals surface area contributed by atoms with Crippen molar-refractivity contribution < 1.29 is 4.39 Å². The van der Waals surface area contributed by atoms with E-state index in [2.05, 4.69) is 0 Å². The number of allylic oxidation sites excluding steroid dienone is 4. The molecule has 60 valence electrons. The minimum atomic E-state index is -0.430. The molecule has 0 aliphatic carbocycles. The average Bonchev–Trinajstić information content (AvgIpc) is 2.05. The predicted octanol–water partition coefficient (Wildman–Crippen LogP) is 3.11. The van der Waals surface area contributed by atoms with Crippen LogP contribution in [0.3, 0.4) is 0 Å². The number of nitrogens with zero attached hydrogens (tertiary/aromatic N) is 1. The maximum atomic E-state index is 12.7. The second-order valence-corrected chi connectivity index (χ2v) is 2.15. The molecule has 0 spiro atoms. The Morgan fingerprint density at radius 3 is 2.64 bits per heavy atom. The van der Waals surface area contributed by atoms with Crippen molar-refractivity contribution in [3.05, 3.63) is 23.6 Å². The molecule has 0 aliphatic rings. The molecule has 0 saturated carbocycles. The molecule has 0 heterocycles. The molecule has 0 aromatic rings. The van der Waals surface area contributed by atoms with Crippen LogP contribution in [-0.4, -0.2) is 0 Å². The number of nitriles is 1. The van der Waals surface area contributed by atoms with E-state index in [1.54, 1.807) is 19.1 Å². The molecule has 0 aliphatic heterocycles. The molecule has 0 rings (SSSR count). The second kappa shape index (κ2) is 5.67. The Morgan fingerprint density at radius 1 is 1.64 bits per heavy atom. The lowest BCUT2D eigenvalue weighted by Gasteiger charge is -1.91. The summed E-state index contributed by atoms with van der Waals surface area (Å²) in [6.45, 7) is 3.56. The van der Waals surface area contributed by atoms with Gasteiger partial charge in [-0.3, -0.25) is 0 Å². The maximum absolute atomic E-state index is 12.7. The van der Waals surface area contributed by atoms with E-state index in [0.717, 1.165) is 12.8 Å². The van der Waals surface area contributed by atoms with Crippen molar-refractivity contribution in [1.82, 2.24) is 0 Å². The van der Waals surface area contributed by atoms with E-state index < -0.39 is 5.83 Å². The SMILES string of the molecule is C/C=C(F)\C(C#N)=C/CCC. The second-order valence-electron chi connectivity index (χ2n) is 2.15. The van der Waals surface area contributed by atoms with Crippen LogP contribution in [0.25, 0.3) is 0 Å². The zero-order valence-corrected chi connectivity index (χ0v) is 6.89. The molecular formula is C9H12FN. The molecule has 1 nitrogen and oxygen atoms in total. The van der Waals surface area contributed by atoms with Crippen molar-refractivity contribution >= 4 is 0 Å². The van der Waals surface area contributed by atoms with Gasteiger partial charge in [0.15, 0.2) is 0 Å². The fraction of sp³-hybridized carbons (Fsp3) is 0.444. The van der Waals surface area contributed by atoms with Crippen molar-refractivity contribution in [2.45, 2.75) is 26.7 Å². The van der Waals surface area contributed by atoms with E-state index in [0.29, 0.717) is 0 Å². The molecule has 0 bridgehead atoms. The minimum absolute atomic E-state index is 0.148. The fourth-order valence-corrected chi connectivity index (χ4v) is 0.641. The molecular weight excluding hydrogens is 141 g/mol. The Morgan fingerprint density at radius 2 is 2.27 bits per heavy atom. The molecule has 11 heavy (non-hydrogen) atoms. The van der Waals surface area contributed by atoms with Gasteiger partial charge in [0.2, 0.25) is 0 Å². The van der Waals surface area contributed by atoms with E-state index in [1.165, 1.54) is 6.08 Å². The zero-order valence-electron chi connectivity index (χ0n) is 6.89. The van der Waals surface area contributed by atoms with E-state index in [4.69, 9.17) is 5.26 Å². The van der Waals surface area contributed by atoms with Crippen LogP contribution in [-0.2, 0) is 0 Å². The van der Waals surface area contributed by atoms with Crippen LogP contribution in [0.1, 0.15) is 26.7 Å². The molecule has 0 aromatic heterocycles. The van der Waals surface area contributed by atoms with Crippen LogP contribution in [0.4, 0.5) is 4.39 Å². The molecule has 0 unspecified atom stereocenters. The number of unbranched alkanes of at least 4 members (excludes halogenated alkanes) is 1. The first-order chi connectivity index (χ1) is 5.26. The van der Waals surface area contributed by atoms with E-state index in [9.17, 15) is 4.39 Å². The van der Waals surface area contributed by atoms with Gasteiger partial charge < -0.3 is 0 Å². The summed E-state index contributed by atoms with van der Waals surface area (Å²) in [6.07, 6.45) is 4.60. The third kappa shape index (κ3) is 3.57. The van der Waals surface area contributed by atoms with Crippen LogP contribution >= 0.6 is 0 Å². The van der Waals surface area contributed by atoms with Crippen molar-refractivity contribution in [2.75, 3.05) is 0 Å². The van der Waals surface area contributed by atoms with Crippen LogP contribution in [0.15, 0.2) is 23.6 Å². The maximum Gasteiger partial charge on any atom is 0.136 e. The van der Waals surface area contributed by atoms with Crippen LogP contribution in [0.2, 0.25) is 0 Å². The molecule has 0 radical (unpaired) electrons. The molecule has 0 atom stereocenters. The van der Waals surface area contributed by atoms with E-state index in [1.807, 2.05) is 6.92 Å². The smallest absolute Gasteiger partial charge is 0.136 e. The average molecular weight is 153 g/mol. The largest absolute Gasteiger partial charge is 0.206 e. The summed E-state index contributed by atoms with van der Waals surface area (Å²) in [4.78, 5) is 0. The molecule has 0 amide bonds. The fourth-order valence-electron chi connectivity index (χ4n) is 0.641. The first-order valence-corrected chi connectivity index (χ1v) is 3.68. The Bertz CT molecular complexity index is 208. The quantitative estimate of drug-likeness (QED) is 0.451. The molecule has 0 fully saturated rings. The van der Waals surface area contributed by atoms with Crippen LogP contribution in [0.5, 0.6) is 0 Å². The summed E-state index contributed by atoms with van der Waals surface area (Å²) in [5.41, 5.74) is 0.148. The number of rotatable bonds is 3. The first-order valence-electron chi connectivity index (χ1n) is 3.68. The predicted molar refractivity (Wildman–Crippen MR) is 43.5 cm³/mol. The Hall–Kier alpha value is -1.10. The third-order valence-electron chi connectivity index (χ3n) is 1.27. The highest BCUT2D eigenvalue weighted by molar-refractivity contribution is 5.37. The lowest BCUT2D eigenvalue weighted by molar-refractivity contribution is 0.654. The van der Waals surface area contributed by atoms with Gasteiger partial charge in [-0.2, -0.15) is 5.26 Å². The number of hydrogen-bond acceptors (Lipinski definition) is 1. The summed E-state index contributed by atoms with van der Waals surface area (Å²) in [5, 5.41) is 8.46. The summed E-state index contributed by atoms with van der Waals surface area (Å²) in [5.74, 6) is -0.430. The van der Waals surface area contributed by atoms with Gasteiger partial charge in [-0.1, -0.05) is 25.5 Å². The summed E-state index contributed by atoms with van der Waals surface area (Å²) >= 11 is 0. The van der Waals surface area contributed by atoms with Crippen molar-refractivity contribution in [3.8, 4) is 6.07 Å². The van der Waals surface area contributed by atoms with Gasteiger partial charge in [0.25, 0.3) is 0 Å². The van der Waals surface area contributed by atoms with Crippen molar-refractivity contribution in [1.29, 1.82) is 5.26 Å². The topological polar surface area (TPSA) is 23.8 Å². The van der Waals surface area contributed by atoms with Gasteiger partial charge >= 0.3 is 0 Å². The van der Waals surface area contributed by atoms with Gasteiger partial charge in [0, 0.05) is 0 Å². The van der Waals surface area contributed by atoms with Crippen molar-refractivity contribution in [3.63, 3.8) is 0 Å². The lowest BCUT2D eigenvalue weighted by atomic mass is 10.2. The molecule has 0 aromatic carbocycles. The number of hydrogen-bond donors (Lipinski definition) is 0. The first kappa shape index (κ1) is 9.90. The van der Waals surface area contributed by atoms with Crippen LogP contribution in [0, 0.1) is 11.3 Å². The van der Waals surface area contributed by atoms with E-state index in [-0.39, 0.29) is 5.57 Å². The molecule has 0 N–H and O–H groups in total. The van der Waals surface area contributed by atoms with Gasteiger partial charge in [-0.05, 0) is 13.3 Å². The molecule has 0 saturated heterocycles. The van der Waals surface area contributed by atoms with E-state index >= 15 is 0 Å². The minimum Gasteiger partial charge on any atom is -0.206 e. The zero-order chi connectivity index (χ0) is 8.69. The summed E-state index contributed by atoms with van der Waals surface area (Å²) in [6, 6.07) is 1.81.